The molecule has 38 heavy (non-hydrogen) atoms. The maximum atomic E-state index is 6.70. The van der Waals surface area contributed by atoms with Crippen molar-refractivity contribution < 1.29 is 4.42 Å². The Morgan fingerprint density at radius 3 is 1.87 bits per heavy atom. The molecule has 0 N–H and O–H groups in total. The highest BCUT2D eigenvalue weighted by molar-refractivity contribution is 6.25. The highest BCUT2D eigenvalue weighted by atomic mass is 16.3. The molecule has 8 rings (SSSR count). The summed E-state index contributed by atoms with van der Waals surface area (Å²) in [5.74, 6) is 0. The van der Waals surface area contributed by atoms with Crippen molar-refractivity contribution in [2.75, 3.05) is 4.90 Å². The van der Waals surface area contributed by atoms with Gasteiger partial charge in [0, 0.05) is 38.7 Å². The van der Waals surface area contributed by atoms with Crippen LogP contribution in [0.3, 0.4) is 0 Å². The van der Waals surface area contributed by atoms with Gasteiger partial charge in [-0.15, -0.1) is 0 Å². The molecule has 0 bridgehead atoms. The van der Waals surface area contributed by atoms with Crippen LogP contribution in [-0.2, 0) is 0 Å². The number of benzene rings is 7. The van der Waals surface area contributed by atoms with Gasteiger partial charge in [0.25, 0.3) is 0 Å². The average Bonchev–Trinajstić information content (AvgIpc) is 3.37. The third-order valence-electron chi connectivity index (χ3n) is 7.61. The van der Waals surface area contributed by atoms with Crippen LogP contribution in [0.1, 0.15) is 0 Å². The van der Waals surface area contributed by atoms with Crippen molar-refractivity contribution in [1.29, 1.82) is 0 Å². The fourth-order valence-electron chi connectivity index (χ4n) is 5.92. The second-order valence-corrected chi connectivity index (χ2v) is 9.75. The third kappa shape index (κ3) is 3.07. The first-order valence-corrected chi connectivity index (χ1v) is 13.0. The zero-order chi connectivity index (χ0) is 25.1. The molecule has 7 aromatic carbocycles. The molecule has 0 aliphatic rings. The van der Waals surface area contributed by atoms with Crippen LogP contribution in [0.2, 0.25) is 0 Å². The lowest BCUT2D eigenvalue weighted by molar-refractivity contribution is 0.673. The molecule has 1 aromatic heterocycles. The van der Waals surface area contributed by atoms with Crippen LogP contribution in [0.25, 0.3) is 54.3 Å². The Balaban J connectivity index is 1.52. The third-order valence-corrected chi connectivity index (χ3v) is 7.61. The molecule has 0 unspecified atom stereocenters. The Bertz CT molecular complexity index is 2130. The van der Waals surface area contributed by atoms with Crippen LogP contribution >= 0.6 is 0 Å². The maximum Gasteiger partial charge on any atom is 0.143 e. The molecule has 0 saturated carbocycles. The molecule has 0 aliphatic carbocycles. The number of rotatable bonds is 3. The smallest absolute Gasteiger partial charge is 0.143 e. The number of hydrogen-bond donors (Lipinski definition) is 0. The van der Waals surface area contributed by atoms with Gasteiger partial charge in [-0.3, -0.25) is 0 Å². The van der Waals surface area contributed by atoms with E-state index >= 15 is 0 Å². The summed E-state index contributed by atoms with van der Waals surface area (Å²) in [7, 11) is 0. The van der Waals surface area contributed by atoms with Gasteiger partial charge in [0.05, 0.1) is 11.4 Å². The van der Waals surface area contributed by atoms with Gasteiger partial charge >= 0.3 is 0 Å². The first-order valence-electron chi connectivity index (χ1n) is 13.0. The molecule has 2 heteroatoms. The number of anilines is 3. The molecule has 0 aliphatic heterocycles. The molecule has 0 radical (unpaired) electrons. The number of nitrogens with zero attached hydrogens (tertiary/aromatic N) is 1. The Morgan fingerprint density at radius 1 is 0.421 bits per heavy atom. The Kier molecular flexibility index (Phi) is 4.55. The summed E-state index contributed by atoms with van der Waals surface area (Å²) >= 11 is 0. The summed E-state index contributed by atoms with van der Waals surface area (Å²) in [6, 6.07) is 49.5. The second-order valence-electron chi connectivity index (χ2n) is 9.75. The van der Waals surface area contributed by atoms with E-state index in [-0.39, 0.29) is 0 Å². The van der Waals surface area contributed by atoms with Crippen LogP contribution in [0, 0.1) is 0 Å². The lowest BCUT2D eigenvalue weighted by Gasteiger charge is -2.28. The van der Waals surface area contributed by atoms with Crippen molar-refractivity contribution in [3.05, 3.63) is 140 Å². The first kappa shape index (κ1) is 21.0. The minimum absolute atomic E-state index is 0.895. The molecule has 0 saturated heterocycles. The molecule has 2 nitrogen and oxygen atoms in total. The summed E-state index contributed by atoms with van der Waals surface area (Å²) in [5.41, 5.74) is 5.18. The van der Waals surface area contributed by atoms with Gasteiger partial charge < -0.3 is 9.32 Å². The molecule has 1 heterocycles. The summed E-state index contributed by atoms with van der Waals surface area (Å²) < 4.78 is 6.70. The van der Waals surface area contributed by atoms with E-state index < -0.39 is 0 Å². The average molecular weight is 486 g/mol. The predicted octanol–water partition coefficient (Wildman–Crippen LogP) is 10.5. The fraction of sp³-hybridized carbons (Fsp3) is 0. The Labute approximate surface area is 220 Å². The van der Waals surface area contributed by atoms with Gasteiger partial charge in [-0.1, -0.05) is 109 Å². The zero-order valence-corrected chi connectivity index (χ0v) is 20.6. The van der Waals surface area contributed by atoms with Crippen LogP contribution in [0.15, 0.2) is 144 Å². The van der Waals surface area contributed by atoms with Crippen molar-refractivity contribution in [3.63, 3.8) is 0 Å². The largest absolute Gasteiger partial charge is 0.455 e. The minimum atomic E-state index is 0.895. The molecular weight excluding hydrogens is 462 g/mol. The Hall–Kier alpha value is -5.08. The van der Waals surface area contributed by atoms with Gasteiger partial charge in [0.15, 0.2) is 0 Å². The van der Waals surface area contributed by atoms with Crippen molar-refractivity contribution in [2.45, 2.75) is 0 Å². The highest BCUT2D eigenvalue weighted by Crippen LogP contribution is 2.46. The van der Waals surface area contributed by atoms with Crippen LogP contribution in [0.5, 0.6) is 0 Å². The van der Waals surface area contributed by atoms with Gasteiger partial charge in [-0.2, -0.15) is 0 Å². The van der Waals surface area contributed by atoms with Crippen LogP contribution in [0.4, 0.5) is 17.1 Å². The minimum Gasteiger partial charge on any atom is -0.455 e. The topological polar surface area (TPSA) is 16.4 Å². The van der Waals surface area contributed by atoms with E-state index in [0.717, 1.165) is 44.4 Å². The van der Waals surface area contributed by atoms with E-state index in [1.54, 1.807) is 0 Å². The SMILES string of the molecule is c1ccc(N(c2cccc3ccccc23)c2cc3oc4c5ccccc5ccc4c3c3ccccc23)cc1. The predicted molar refractivity (Wildman–Crippen MR) is 161 cm³/mol. The van der Waals surface area contributed by atoms with Gasteiger partial charge in [-0.25, -0.2) is 0 Å². The first-order chi connectivity index (χ1) is 18.9. The molecule has 0 amide bonds. The number of furan rings is 1. The number of hydrogen-bond acceptors (Lipinski definition) is 2. The highest BCUT2D eigenvalue weighted by Gasteiger charge is 2.21. The van der Waals surface area contributed by atoms with E-state index in [0.29, 0.717) is 0 Å². The van der Waals surface area contributed by atoms with Crippen LogP contribution in [-0.4, -0.2) is 0 Å². The van der Waals surface area contributed by atoms with Crippen molar-refractivity contribution in [1.82, 2.24) is 0 Å². The lowest BCUT2D eigenvalue weighted by atomic mass is 9.99. The monoisotopic (exact) mass is 485 g/mol. The van der Waals surface area contributed by atoms with Crippen molar-refractivity contribution in [2.24, 2.45) is 0 Å². The summed E-state index contributed by atoms with van der Waals surface area (Å²) in [6.45, 7) is 0. The number of para-hydroxylation sites is 1. The van der Waals surface area contributed by atoms with E-state index in [1.807, 2.05) is 0 Å². The van der Waals surface area contributed by atoms with Crippen molar-refractivity contribution >= 4 is 71.3 Å². The van der Waals surface area contributed by atoms with Gasteiger partial charge in [0.1, 0.15) is 11.2 Å². The van der Waals surface area contributed by atoms with Gasteiger partial charge in [-0.05, 0) is 40.4 Å². The zero-order valence-electron chi connectivity index (χ0n) is 20.6. The number of fused-ring (bicyclic) bond motifs is 8. The summed E-state index contributed by atoms with van der Waals surface area (Å²) in [4.78, 5) is 2.37. The van der Waals surface area contributed by atoms with Crippen LogP contribution < -0.4 is 4.90 Å². The molecule has 0 spiro atoms. The molecule has 178 valence electrons. The van der Waals surface area contributed by atoms with E-state index in [4.69, 9.17) is 4.42 Å². The molecule has 0 atom stereocenters. The van der Waals surface area contributed by atoms with E-state index in [2.05, 4.69) is 144 Å². The quantitative estimate of drug-likeness (QED) is 0.247. The summed E-state index contributed by atoms with van der Waals surface area (Å²) in [6.07, 6.45) is 0. The molecular formula is C36H23NO. The normalized spacial score (nSPS) is 11.7. The van der Waals surface area contributed by atoms with E-state index in [1.165, 1.54) is 26.9 Å². The lowest BCUT2D eigenvalue weighted by Crippen LogP contribution is -2.11. The fourth-order valence-corrected chi connectivity index (χ4v) is 5.92. The summed E-state index contributed by atoms with van der Waals surface area (Å²) in [5, 5.41) is 9.44. The van der Waals surface area contributed by atoms with Gasteiger partial charge in [0.2, 0.25) is 0 Å². The Morgan fingerprint density at radius 2 is 1.05 bits per heavy atom. The maximum absolute atomic E-state index is 6.70. The standard InChI is InChI=1S/C36H23NO/c1-2-14-26(15-3-1)37(32-20-10-13-24-11-4-6-16-27(24)32)33-23-34-35(30-19-9-8-18-29(30)33)31-22-21-25-12-5-7-17-28(25)36(31)38-34/h1-23H. The molecule has 0 fully saturated rings. The second kappa shape index (κ2) is 8.22. The van der Waals surface area contributed by atoms with Crippen molar-refractivity contribution in [3.8, 4) is 0 Å². The molecule has 8 aromatic rings. The van der Waals surface area contributed by atoms with E-state index in [9.17, 15) is 0 Å².